The number of nitrogens with one attached hydrogen (secondary N) is 1. The number of hydrogen-bond donors (Lipinski definition) is 1. The molecule has 0 saturated heterocycles. The van der Waals surface area contributed by atoms with Crippen LogP contribution in [0.25, 0.3) is 0 Å². The third-order valence-electron chi connectivity index (χ3n) is 2.38. The largest absolute Gasteiger partial charge is 0.372 e. The molecule has 0 spiro atoms. The first-order valence-corrected chi connectivity index (χ1v) is 6.54. The van der Waals surface area contributed by atoms with Crippen molar-refractivity contribution in [2.75, 3.05) is 28.6 Å². The van der Waals surface area contributed by atoms with Crippen LogP contribution in [0.1, 0.15) is 13.8 Å². The van der Waals surface area contributed by atoms with Gasteiger partial charge in [0.05, 0.1) is 5.33 Å². The van der Waals surface area contributed by atoms with Crippen LogP contribution in [0, 0.1) is 0 Å². The van der Waals surface area contributed by atoms with Crippen molar-refractivity contribution in [2.45, 2.75) is 13.8 Å². The van der Waals surface area contributed by atoms with Crippen LogP contribution < -0.4 is 10.2 Å². The summed E-state index contributed by atoms with van der Waals surface area (Å²) in [6.07, 6.45) is 0. The minimum atomic E-state index is -0.0308. The number of rotatable bonds is 5. The molecular formula is C12H17BrN2O. The maximum Gasteiger partial charge on any atom is 0.235 e. The highest BCUT2D eigenvalue weighted by Gasteiger charge is 2.04. The standard InChI is InChI=1S/C12H17BrN2O/c1-3-15(4-2)11-7-5-6-10(8-11)14-12(16)9-13/h5-8H,3-4,9H2,1-2H3,(H,14,16). The molecule has 0 aliphatic heterocycles. The van der Waals surface area contributed by atoms with E-state index < -0.39 is 0 Å². The summed E-state index contributed by atoms with van der Waals surface area (Å²) >= 11 is 3.12. The molecule has 0 unspecified atom stereocenters. The van der Waals surface area contributed by atoms with E-state index in [-0.39, 0.29) is 5.91 Å². The van der Waals surface area contributed by atoms with Gasteiger partial charge in [-0.15, -0.1) is 0 Å². The quantitative estimate of drug-likeness (QED) is 0.844. The number of halogens is 1. The van der Waals surface area contributed by atoms with Crippen molar-refractivity contribution in [2.24, 2.45) is 0 Å². The molecule has 1 aromatic rings. The molecule has 1 rings (SSSR count). The van der Waals surface area contributed by atoms with E-state index in [1.165, 1.54) is 0 Å². The highest BCUT2D eigenvalue weighted by atomic mass is 79.9. The van der Waals surface area contributed by atoms with Gasteiger partial charge in [-0.1, -0.05) is 22.0 Å². The first-order valence-electron chi connectivity index (χ1n) is 5.42. The van der Waals surface area contributed by atoms with Crippen molar-refractivity contribution in [1.82, 2.24) is 0 Å². The van der Waals surface area contributed by atoms with E-state index in [0.717, 1.165) is 24.5 Å². The lowest BCUT2D eigenvalue weighted by Crippen LogP contribution is -2.22. The van der Waals surface area contributed by atoms with Crippen LogP contribution in [0.3, 0.4) is 0 Å². The van der Waals surface area contributed by atoms with Gasteiger partial charge in [-0.25, -0.2) is 0 Å². The molecule has 0 aliphatic carbocycles. The molecule has 4 heteroatoms. The summed E-state index contributed by atoms with van der Waals surface area (Å²) < 4.78 is 0. The average Bonchev–Trinajstić information content (AvgIpc) is 2.31. The third-order valence-corrected chi connectivity index (χ3v) is 2.89. The normalized spacial score (nSPS) is 9.94. The van der Waals surface area contributed by atoms with Crippen LogP contribution in [0.5, 0.6) is 0 Å². The Kier molecular flexibility index (Phi) is 5.32. The summed E-state index contributed by atoms with van der Waals surface area (Å²) in [6.45, 7) is 6.17. The molecule has 0 bridgehead atoms. The fourth-order valence-electron chi connectivity index (χ4n) is 1.56. The lowest BCUT2D eigenvalue weighted by atomic mass is 10.2. The summed E-state index contributed by atoms with van der Waals surface area (Å²) in [5.74, 6) is -0.0308. The lowest BCUT2D eigenvalue weighted by molar-refractivity contribution is -0.113. The van der Waals surface area contributed by atoms with Crippen molar-refractivity contribution in [1.29, 1.82) is 0 Å². The molecule has 1 aromatic carbocycles. The van der Waals surface area contributed by atoms with E-state index in [4.69, 9.17) is 0 Å². The van der Waals surface area contributed by atoms with Crippen molar-refractivity contribution < 1.29 is 4.79 Å². The van der Waals surface area contributed by atoms with Gasteiger partial charge in [0.1, 0.15) is 0 Å². The molecule has 88 valence electrons. The van der Waals surface area contributed by atoms with Crippen molar-refractivity contribution >= 4 is 33.2 Å². The van der Waals surface area contributed by atoms with E-state index in [0.29, 0.717) is 5.33 Å². The second-order valence-electron chi connectivity index (χ2n) is 3.40. The zero-order chi connectivity index (χ0) is 12.0. The Morgan fingerprint density at radius 3 is 2.62 bits per heavy atom. The van der Waals surface area contributed by atoms with Crippen LogP contribution in [0.2, 0.25) is 0 Å². The summed E-state index contributed by atoms with van der Waals surface area (Å²) in [6, 6.07) is 7.90. The fourth-order valence-corrected chi connectivity index (χ4v) is 1.70. The second-order valence-corrected chi connectivity index (χ2v) is 3.97. The summed E-state index contributed by atoms with van der Waals surface area (Å²) in [4.78, 5) is 13.5. The Labute approximate surface area is 105 Å². The average molecular weight is 285 g/mol. The molecule has 16 heavy (non-hydrogen) atoms. The molecule has 3 nitrogen and oxygen atoms in total. The zero-order valence-corrected chi connectivity index (χ0v) is 11.3. The molecule has 0 radical (unpaired) electrons. The van der Waals surface area contributed by atoms with Crippen molar-refractivity contribution in [3.63, 3.8) is 0 Å². The molecule has 0 atom stereocenters. The number of benzene rings is 1. The van der Waals surface area contributed by atoms with Crippen LogP contribution >= 0.6 is 15.9 Å². The van der Waals surface area contributed by atoms with Crippen LogP contribution in [-0.4, -0.2) is 24.3 Å². The van der Waals surface area contributed by atoms with Gasteiger partial charge in [-0.05, 0) is 32.0 Å². The minimum Gasteiger partial charge on any atom is -0.372 e. The molecule has 0 fully saturated rings. The van der Waals surface area contributed by atoms with Crippen LogP contribution in [0.4, 0.5) is 11.4 Å². The van der Waals surface area contributed by atoms with Gasteiger partial charge in [0.2, 0.25) is 5.91 Å². The number of amides is 1. The highest BCUT2D eigenvalue weighted by Crippen LogP contribution is 2.19. The first-order chi connectivity index (χ1) is 7.71. The van der Waals surface area contributed by atoms with Crippen LogP contribution in [0.15, 0.2) is 24.3 Å². The molecule has 1 amide bonds. The molecule has 0 heterocycles. The number of carbonyl (C=O) groups is 1. The van der Waals surface area contributed by atoms with E-state index in [1.54, 1.807) is 0 Å². The van der Waals surface area contributed by atoms with Gasteiger partial charge in [0, 0.05) is 24.5 Å². The van der Waals surface area contributed by atoms with Gasteiger partial charge in [0.25, 0.3) is 0 Å². The summed E-state index contributed by atoms with van der Waals surface area (Å²) in [5, 5.41) is 3.14. The van der Waals surface area contributed by atoms with Gasteiger partial charge in [-0.2, -0.15) is 0 Å². The second kappa shape index (κ2) is 6.53. The number of nitrogens with zero attached hydrogens (tertiary/aromatic N) is 1. The zero-order valence-electron chi connectivity index (χ0n) is 9.66. The topological polar surface area (TPSA) is 32.3 Å². The third kappa shape index (κ3) is 3.52. The smallest absolute Gasteiger partial charge is 0.235 e. The predicted molar refractivity (Wildman–Crippen MR) is 72.4 cm³/mol. The van der Waals surface area contributed by atoms with E-state index in [1.807, 2.05) is 18.2 Å². The molecule has 0 aliphatic rings. The Balaban J connectivity index is 2.81. The van der Waals surface area contributed by atoms with Gasteiger partial charge in [0.15, 0.2) is 0 Å². The molecule has 0 aromatic heterocycles. The van der Waals surface area contributed by atoms with Crippen molar-refractivity contribution in [3.8, 4) is 0 Å². The molecule has 0 saturated carbocycles. The monoisotopic (exact) mass is 284 g/mol. The molecular weight excluding hydrogens is 268 g/mol. The SMILES string of the molecule is CCN(CC)c1cccc(NC(=O)CBr)c1. The van der Waals surface area contributed by atoms with Gasteiger partial charge >= 0.3 is 0 Å². The van der Waals surface area contributed by atoms with Gasteiger partial charge in [-0.3, -0.25) is 4.79 Å². The summed E-state index contributed by atoms with van der Waals surface area (Å²) in [5.41, 5.74) is 1.98. The fraction of sp³-hybridized carbons (Fsp3) is 0.417. The number of anilines is 2. The van der Waals surface area contributed by atoms with Crippen LogP contribution in [-0.2, 0) is 4.79 Å². The maximum absolute atomic E-state index is 11.2. The maximum atomic E-state index is 11.2. The first kappa shape index (κ1) is 13.0. The number of alkyl halides is 1. The Morgan fingerprint density at radius 1 is 1.38 bits per heavy atom. The van der Waals surface area contributed by atoms with E-state index >= 15 is 0 Å². The minimum absolute atomic E-state index is 0.0308. The Hall–Kier alpha value is -1.03. The van der Waals surface area contributed by atoms with Crippen molar-refractivity contribution in [3.05, 3.63) is 24.3 Å². The number of hydrogen-bond acceptors (Lipinski definition) is 2. The summed E-state index contributed by atoms with van der Waals surface area (Å²) in [7, 11) is 0. The van der Waals surface area contributed by atoms with Gasteiger partial charge < -0.3 is 10.2 Å². The molecule has 1 N–H and O–H groups in total. The highest BCUT2D eigenvalue weighted by molar-refractivity contribution is 9.09. The Bertz CT molecular complexity index is 351. The van der Waals surface area contributed by atoms with E-state index in [2.05, 4.69) is 46.1 Å². The Morgan fingerprint density at radius 2 is 2.06 bits per heavy atom. The number of carbonyl (C=O) groups excluding carboxylic acids is 1. The lowest BCUT2D eigenvalue weighted by Gasteiger charge is -2.21. The van der Waals surface area contributed by atoms with E-state index in [9.17, 15) is 4.79 Å². The predicted octanol–water partition coefficient (Wildman–Crippen LogP) is 2.87.